The fraction of sp³-hybridized carbons (Fsp3) is 0.909. The Morgan fingerprint density at radius 3 is 2.64 bits per heavy atom. The molecule has 2 N–H and O–H groups in total. The lowest BCUT2D eigenvalue weighted by atomic mass is 10.0. The van der Waals surface area contributed by atoms with E-state index in [9.17, 15) is 0 Å². The van der Waals surface area contributed by atoms with Gasteiger partial charge in [0.25, 0.3) is 0 Å². The number of hydrogen-bond acceptors (Lipinski definition) is 3. The summed E-state index contributed by atoms with van der Waals surface area (Å²) in [6.45, 7) is 5.35. The lowest BCUT2D eigenvalue weighted by molar-refractivity contribution is 0.0571. The number of nitrogens with zero attached hydrogens (tertiary/aromatic N) is 1. The van der Waals surface area contributed by atoms with E-state index in [0.29, 0.717) is 19.6 Å². The number of rotatable bonds is 6. The third-order valence-electron chi connectivity index (χ3n) is 3.06. The summed E-state index contributed by atoms with van der Waals surface area (Å²) in [6, 6.07) is 2.22. The van der Waals surface area contributed by atoms with Crippen molar-refractivity contribution >= 4 is 0 Å². The molecule has 1 aliphatic carbocycles. The molecule has 14 heavy (non-hydrogen) atoms. The normalized spacial score (nSPS) is 22.4. The summed E-state index contributed by atoms with van der Waals surface area (Å²) in [5, 5.41) is 8.62. The molecule has 0 spiro atoms. The molecule has 3 nitrogen and oxygen atoms in total. The first-order valence-electron chi connectivity index (χ1n) is 5.27. The number of nitrogens with two attached hydrogens (primary N) is 1. The van der Waals surface area contributed by atoms with Crippen LogP contribution in [0.3, 0.4) is 0 Å². The Morgan fingerprint density at radius 1 is 1.57 bits per heavy atom. The summed E-state index contributed by atoms with van der Waals surface area (Å²) in [5.41, 5.74) is 5.91. The first-order chi connectivity index (χ1) is 6.54. The zero-order chi connectivity index (χ0) is 10.7. The van der Waals surface area contributed by atoms with Crippen molar-refractivity contribution in [2.24, 2.45) is 11.1 Å². The van der Waals surface area contributed by atoms with Crippen LogP contribution in [0.15, 0.2) is 0 Å². The highest BCUT2D eigenvalue weighted by Gasteiger charge is 2.42. The quantitative estimate of drug-likeness (QED) is 0.705. The molecule has 0 saturated heterocycles. The van der Waals surface area contributed by atoms with Gasteiger partial charge < -0.3 is 10.5 Å². The third-order valence-corrected chi connectivity index (χ3v) is 3.06. The van der Waals surface area contributed by atoms with Crippen LogP contribution in [0.5, 0.6) is 0 Å². The monoisotopic (exact) mass is 196 g/mol. The van der Waals surface area contributed by atoms with Gasteiger partial charge in [0.2, 0.25) is 0 Å². The van der Waals surface area contributed by atoms with Crippen LogP contribution in [-0.4, -0.2) is 18.8 Å². The topological polar surface area (TPSA) is 59.0 Å². The van der Waals surface area contributed by atoms with Crippen LogP contribution in [0, 0.1) is 16.7 Å². The van der Waals surface area contributed by atoms with Crippen molar-refractivity contribution < 1.29 is 4.74 Å². The summed E-state index contributed by atoms with van der Waals surface area (Å²) >= 11 is 0. The zero-order valence-electron chi connectivity index (χ0n) is 9.18. The highest BCUT2D eigenvalue weighted by molar-refractivity contribution is 4.99. The molecular formula is C11H20N2O. The fourth-order valence-electron chi connectivity index (χ4n) is 1.32. The fourth-order valence-corrected chi connectivity index (χ4v) is 1.32. The Labute approximate surface area is 86.2 Å². The maximum absolute atomic E-state index is 8.62. The van der Waals surface area contributed by atoms with Crippen LogP contribution in [0.4, 0.5) is 0 Å². The average Bonchev–Trinajstić information content (AvgIpc) is 2.86. The Bertz CT molecular complexity index is 226. The molecule has 1 aliphatic rings. The molecule has 0 radical (unpaired) electrons. The highest BCUT2D eigenvalue weighted by atomic mass is 16.5. The van der Waals surface area contributed by atoms with Crippen LogP contribution < -0.4 is 5.73 Å². The minimum Gasteiger partial charge on any atom is -0.379 e. The maximum Gasteiger partial charge on any atom is 0.0643 e. The SMILES string of the molecule is CCC(C)(N)COCC1(CC#N)CC1. The van der Waals surface area contributed by atoms with E-state index in [-0.39, 0.29) is 11.0 Å². The molecule has 1 atom stereocenters. The van der Waals surface area contributed by atoms with Gasteiger partial charge in [0.05, 0.1) is 19.3 Å². The molecule has 0 aromatic heterocycles. The smallest absolute Gasteiger partial charge is 0.0643 e. The van der Waals surface area contributed by atoms with Crippen LogP contribution in [0.1, 0.15) is 39.5 Å². The van der Waals surface area contributed by atoms with Crippen LogP contribution in [0.25, 0.3) is 0 Å². The summed E-state index contributed by atoms with van der Waals surface area (Å²) in [5.74, 6) is 0. The van der Waals surface area contributed by atoms with E-state index in [2.05, 4.69) is 13.0 Å². The lowest BCUT2D eigenvalue weighted by Gasteiger charge is -2.23. The van der Waals surface area contributed by atoms with Crippen LogP contribution in [-0.2, 0) is 4.74 Å². The van der Waals surface area contributed by atoms with Gasteiger partial charge in [0, 0.05) is 17.4 Å². The summed E-state index contributed by atoms with van der Waals surface area (Å²) in [4.78, 5) is 0. The van der Waals surface area contributed by atoms with Gasteiger partial charge in [-0.3, -0.25) is 0 Å². The minimum absolute atomic E-state index is 0.179. The Hall–Kier alpha value is -0.590. The molecule has 1 saturated carbocycles. The van der Waals surface area contributed by atoms with Gasteiger partial charge in [0.15, 0.2) is 0 Å². The standard InChI is InChI=1S/C11H20N2O/c1-3-10(2,13)8-14-9-11(4-5-11)6-7-12/h3-6,8-9,13H2,1-2H3. The van der Waals surface area contributed by atoms with Gasteiger partial charge in [-0.15, -0.1) is 0 Å². The Kier molecular flexibility index (Phi) is 3.52. The summed E-state index contributed by atoms with van der Waals surface area (Å²) < 4.78 is 5.59. The van der Waals surface area contributed by atoms with E-state index in [0.717, 1.165) is 19.3 Å². The first kappa shape index (κ1) is 11.5. The summed E-state index contributed by atoms with van der Waals surface area (Å²) in [6.07, 6.45) is 3.81. The van der Waals surface area contributed by atoms with Crippen molar-refractivity contribution in [1.29, 1.82) is 5.26 Å². The second-order valence-electron chi connectivity index (χ2n) is 4.84. The van der Waals surface area contributed by atoms with E-state index >= 15 is 0 Å². The van der Waals surface area contributed by atoms with Gasteiger partial charge in [-0.25, -0.2) is 0 Å². The van der Waals surface area contributed by atoms with E-state index in [1.54, 1.807) is 0 Å². The molecule has 80 valence electrons. The minimum atomic E-state index is -0.220. The van der Waals surface area contributed by atoms with Crippen molar-refractivity contribution in [3.05, 3.63) is 0 Å². The van der Waals surface area contributed by atoms with Gasteiger partial charge in [-0.1, -0.05) is 6.92 Å². The molecule has 1 unspecified atom stereocenters. The third kappa shape index (κ3) is 3.28. The molecule has 0 heterocycles. The second-order valence-corrected chi connectivity index (χ2v) is 4.84. The number of ether oxygens (including phenoxy) is 1. The van der Waals surface area contributed by atoms with E-state index < -0.39 is 0 Å². The molecule has 3 heteroatoms. The Balaban J connectivity index is 2.19. The van der Waals surface area contributed by atoms with Crippen LogP contribution in [0.2, 0.25) is 0 Å². The van der Waals surface area contributed by atoms with E-state index in [1.165, 1.54) is 0 Å². The predicted molar refractivity (Wildman–Crippen MR) is 55.6 cm³/mol. The lowest BCUT2D eigenvalue weighted by Crippen LogP contribution is -2.40. The average molecular weight is 196 g/mol. The van der Waals surface area contributed by atoms with Crippen molar-refractivity contribution in [2.75, 3.05) is 13.2 Å². The number of hydrogen-bond donors (Lipinski definition) is 1. The van der Waals surface area contributed by atoms with Crippen molar-refractivity contribution in [1.82, 2.24) is 0 Å². The maximum atomic E-state index is 8.62. The van der Waals surface area contributed by atoms with E-state index in [4.69, 9.17) is 15.7 Å². The van der Waals surface area contributed by atoms with Crippen LogP contribution >= 0.6 is 0 Å². The molecule has 0 aliphatic heterocycles. The van der Waals surface area contributed by atoms with Gasteiger partial charge in [-0.2, -0.15) is 5.26 Å². The molecule has 0 amide bonds. The molecule has 0 aromatic rings. The van der Waals surface area contributed by atoms with Crippen molar-refractivity contribution in [3.63, 3.8) is 0 Å². The molecule has 1 fully saturated rings. The van der Waals surface area contributed by atoms with Crippen molar-refractivity contribution in [2.45, 2.75) is 45.1 Å². The zero-order valence-corrected chi connectivity index (χ0v) is 9.18. The Morgan fingerprint density at radius 2 is 2.21 bits per heavy atom. The highest BCUT2D eigenvalue weighted by Crippen LogP contribution is 2.48. The van der Waals surface area contributed by atoms with Crippen molar-refractivity contribution in [3.8, 4) is 6.07 Å². The molecule has 0 bridgehead atoms. The van der Waals surface area contributed by atoms with Gasteiger partial charge in [0.1, 0.15) is 0 Å². The molecule has 1 rings (SSSR count). The van der Waals surface area contributed by atoms with Gasteiger partial charge in [-0.05, 0) is 26.2 Å². The predicted octanol–water partition coefficient (Wildman–Crippen LogP) is 1.82. The second kappa shape index (κ2) is 4.29. The number of nitriles is 1. The molecule has 0 aromatic carbocycles. The molecular weight excluding hydrogens is 176 g/mol. The first-order valence-corrected chi connectivity index (χ1v) is 5.27. The van der Waals surface area contributed by atoms with E-state index in [1.807, 2.05) is 6.92 Å². The summed E-state index contributed by atoms with van der Waals surface area (Å²) in [7, 11) is 0. The largest absolute Gasteiger partial charge is 0.379 e. The van der Waals surface area contributed by atoms with Gasteiger partial charge >= 0.3 is 0 Å².